The van der Waals surface area contributed by atoms with Crippen LogP contribution in [0.1, 0.15) is 5.82 Å². The third-order valence-corrected chi connectivity index (χ3v) is 1.88. The first-order valence-electron chi connectivity index (χ1n) is 4.20. The maximum absolute atomic E-state index is 4.07. The average Bonchev–Trinajstić information content (AvgIpc) is 2.58. The van der Waals surface area contributed by atoms with Crippen LogP contribution in [-0.4, -0.2) is 33.2 Å². The molecule has 0 amide bonds. The molecular weight excluding hydrogens is 166 g/mol. The number of rotatable bonds is 3. The van der Waals surface area contributed by atoms with Crippen molar-refractivity contribution in [2.75, 3.05) is 13.6 Å². The molecule has 0 aliphatic carbocycles. The van der Waals surface area contributed by atoms with Crippen molar-refractivity contribution in [2.45, 2.75) is 6.42 Å². The van der Waals surface area contributed by atoms with Crippen LogP contribution in [0.3, 0.4) is 0 Å². The first kappa shape index (κ1) is 8.12. The molecular formula is C8H11N5. The van der Waals surface area contributed by atoms with Gasteiger partial charge in [-0.1, -0.05) is 0 Å². The fraction of sp³-hybridized carbons (Fsp3) is 0.375. The van der Waals surface area contributed by atoms with Gasteiger partial charge in [-0.25, -0.2) is 0 Å². The summed E-state index contributed by atoms with van der Waals surface area (Å²) in [4.78, 5) is 3.97. The van der Waals surface area contributed by atoms with Gasteiger partial charge >= 0.3 is 0 Å². The number of hydrogen-bond donors (Lipinski definition) is 1. The van der Waals surface area contributed by atoms with Crippen molar-refractivity contribution in [1.82, 2.24) is 24.9 Å². The van der Waals surface area contributed by atoms with E-state index in [9.17, 15) is 0 Å². The molecule has 0 saturated heterocycles. The second-order valence-electron chi connectivity index (χ2n) is 2.77. The molecule has 0 unspecified atom stereocenters. The molecule has 68 valence electrons. The Bertz CT molecular complexity index is 394. The maximum Gasteiger partial charge on any atom is 0.179 e. The summed E-state index contributed by atoms with van der Waals surface area (Å²) in [5.41, 5.74) is 0.800. The Morgan fingerprint density at radius 1 is 1.46 bits per heavy atom. The fourth-order valence-electron chi connectivity index (χ4n) is 1.21. The topological polar surface area (TPSA) is 55.1 Å². The summed E-state index contributed by atoms with van der Waals surface area (Å²) in [5.74, 6) is 0.965. The van der Waals surface area contributed by atoms with E-state index in [-0.39, 0.29) is 0 Å². The molecule has 0 aromatic carbocycles. The van der Waals surface area contributed by atoms with Gasteiger partial charge in [-0.3, -0.25) is 9.38 Å². The van der Waals surface area contributed by atoms with Gasteiger partial charge in [0.05, 0.1) is 6.20 Å². The molecule has 2 aromatic heterocycles. The third-order valence-electron chi connectivity index (χ3n) is 1.88. The predicted molar refractivity (Wildman–Crippen MR) is 48.4 cm³/mol. The van der Waals surface area contributed by atoms with Gasteiger partial charge in [0.2, 0.25) is 0 Å². The molecule has 0 spiro atoms. The van der Waals surface area contributed by atoms with Crippen molar-refractivity contribution in [2.24, 2.45) is 0 Å². The number of nitrogens with zero attached hydrogens (tertiary/aromatic N) is 4. The first-order chi connectivity index (χ1) is 6.42. The minimum absolute atomic E-state index is 0.800. The van der Waals surface area contributed by atoms with Gasteiger partial charge in [0, 0.05) is 25.4 Å². The normalized spacial score (nSPS) is 10.8. The fourth-order valence-corrected chi connectivity index (χ4v) is 1.21. The van der Waals surface area contributed by atoms with Gasteiger partial charge < -0.3 is 5.32 Å². The van der Waals surface area contributed by atoms with Crippen molar-refractivity contribution < 1.29 is 0 Å². The van der Waals surface area contributed by atoms with Crippen LogP contribution in [0.2, 0.25) is 0 Å². The smallest absolute Gasteiger partial charge is 0.179 e. The van der Waals surface area contributed by atoms with E-state index < -0.39 is 0 Å². The SMILES string of the molecule is CNCCc1nnc2cnccn12. The van der Waals surface area contributed by atoms with Crippen LogP contribution in [0, 0.1) is 0 Å². The van der Waals surface area contributed by atoms with Gasteiger partial charge in [-0.2, -0.15) is 0 Å². The summed E-state index contributed by atoms with van der Waals surface area (Å²) < 4.78 is 1.95. The Morgan fingerprint density at radius 2 is 2.38 bits per heavy atom. The zero-order valence-electron chi connectivity index (χ0n) is 7.44. The zero-order valence-corrected chi connectivity index (χ0v) is 7.44. The Balaban J connectivity index is 2.35. The molecule has 0 fully saturated rings. The highest BCUT2D eigenvalue weighted by Crippen LogP contribution is 2.00. The number of hydrogen-bond acceptors (Lipinski definition) is 4. The van der Waals surface area contributed by atoms with E-state index in [0.717, 1.165) is 24.4 Å². The van der Waals surface area contributed by atoms with Gasteiger partial charge in [-0.05, 0) is 7.05 Å². The van der Waals surface area contributed by atoms with Gasteiger partial charge in [-0.15, -0.1) is 10.2 Å². The van der Waals surface area contributed by atoms with E-state index >= 15 is 0 Å². The summed E-state index contributed by atoms with van der Waals surface area (Å²) in [6.45, 7) is 0.906. The number of nitrogens with one attached hydrogen (secondary N) is 1. The number of aromatic nitrogens is 4. The molecule has 5 nitrogen and oxygen atoms in total. The monoisotopic (exact) mass is 177 g/mol. The summed E-state index contributed by atoms with van der Waals surface area (Å²) >= 11 is 0. The van der Waals surface area contributed by atoms with Gasteiger partial charge in [0.25, 0.3) is 0 Å². The highest BCUT2D eigenvalue weighted by atomic mass is 15.2. The standard InChI is InChI=1S/C8H11N5/c1-9-3-2-7-11-12-8-6-10-4-5-13(7)8/h4-6,9H,2-3H2,1H3. The molecule has 5 heteroatoms. The van der Waals surface area contributed by atoms with Crippen molar-refractivity contribution in [3.05, 3.63) is 24.4 Å². The van der Waals surface area contributed by atoms with Crippen LogP contribution in [0.15, 0.2) is 18.6 Å². The molecule has 0 aliphatic rings. The van der Waals surface area contributed by atoms with Gasteiger partial charge in [0.1, 0.15) is 5.82 Å². The highest BCUT2D eigenvalue weighted by Gasteiger charge is 2.02. The lowest BCUT2D eigenvalue weighted by Gasteiger charge is -1.97. The Labute approximate surface area is 75.8 Å². The zero-order chi connectivity index (χ0) is 9.10. The van der Waals surface area contributed by atoms with Crippen molar-refractivity contribution in [1.29, 1.82) is 0 Å². The summed E-state index contributed by atoms with van der Waals surface area (Å²) in [7, 11) is 1.92. The lowest BCUT2D eigenvalue weighted by molar-refractivity contribution is 0.747. The van der Waals surface area contributed by atoms with E-state index in [1.165, 1.54) is 0 Å². The average molecular weight is 177 g/mol. The predicted octanol–water partition coefficient (Wildman–Crippen LogP) is -0.114. The Kier molecular flexibility index (Phi) is 2.18. The van der Waals surface area contributed by atoms with Crippen molar-refractivity contribution in [3.63, 3.8) is 0 Å². The van der Waals surface area contributed by atoms with E-state index in [4.69, 9.17) is 0 Å². The van der Waals surface area contributed by atoms with E-state index in [1.54, 1.807) is 12.4 Å². The van der Waals surface area contributed by atoms with Crippen LogP contribution < -0.4 is 5.32 Å². The lowest BCUT2D eigenvalue weighted by atomic mass is 10.4. The number of likely N-dealkylation sites (N-methyl/N-ethyl adjacent to an activating group) is 1. The minimum atomic E-state index is 0.800. The molecule has 2 heterocycles. The second kappa shape index (κ2) is 3.49. The largest absolute Gasteiger partial charge is 0.319 e. The van der Waals surface area contributed by atoms with Crippen LogP contribution in [0.4, 0.5) is 0 Å². The molecule has 0 aliphatic heterocycles. The second-order valence-corrected chi connectivity index (χ2v) is 2.77. The molecule has 0 atom stereocenters. The Morgan fingerprint density at radius 3 is 3.23 bits per heavy atom. The van der Waals surface area contributed by atoms with Crippen LogP contribution in [-0.2, 0) is 6.42 Å². The van der Waals surface area contributed by atoms with Crippen molar-refractivity contribution >= 4 is 5.65 Å². The first-order valence-corrected chi connectivity index (χ1v) is 4.20. The maximum atomic E-state index is 4.07. The van der Waals surface area contributed by atoms with Crippen LogP contribution in [0.5, 0.6) is 0 Å². The van der Waals surface area contributed by atoms with Gasteiger partial charge in [0.15, 0.2) is 5.65 Å². The van der Waals surface area contributed by atoms with E-state index in [0.29, 0.717) is 0 Å². The van der Waals surface area contributed by atoms with Crippen LogP contribution in [0.25, 0.3) is 5.65 Å². The van der Waals surface area contributed by atoms with E-state index in [2.05, 4.69) is 20.5 Å². The third kappa shape index (κ3) is 1.50. The Hall–Kier alpha value is -1.49. The lowest BCUT2D eigenvalue weighted by Crippen LogP contribution is -2.12. The highest BCUT2D eigenvalue weighted by molar-refractivity contribution is 5.33. The minimum Gasteiger partial charge on any atom is -0.319 e. The molecule has 13 heavy (non-hydrogen) atoms. The summed E-state index contributed by atoms with van der Waals surface area (Å²) in [5, 5.41) is 11.1. The molecule has 0 saturated carbocycles. The van der Waals surface area contributed by atoms with Crippen molar-refractivity contribution in [3.8, 4) is 0 Å². The molecule has 1 N–H and O–H groups in total. The molecule has 2 aromatic rings. The van der Waals surface area contributed by atoms with E-state index in [1.807, 2.05) is 17.6 Å². The van der Waals surface area contributed by atoms with Crippen LogP contribution >= 0.6 is 0 Å². The molecule has 2 rings (SSSR count). The summed E-state index contributed by atoms with van der Waals surface area (Å²) in [6, 6.07) is 0. The quantitative estimate of drug-likeness (QED) is 0.710. The summed E-state index contributed by atoms with van der Waals surface area (Å²) in [6.07, 6.45) is 6.19. The number of fused-ring (bicyclic) bond motifs is 1. The molecule has 0 bridgehead atoms. The molecule has 0 radical (unpaired) electrons.